The van der Waals surface area contributed by atoms with E-state index in [2.05, 4.69) is 37.9 Å². The molecule has 1 saturated carbocycles. The van der Waals surface area contributed by atoms with Gasteiger partial charge in [0, 0.05) is 31.2 Å². The molecule has 19 heavy (non-hydrogen) atoms. The highest BCUT2D eigenvalue weighted by molar-refractivity contribution is 4.89. The van der Waals surface area contributed by atoms with Crippen LogP contribution in [0.25, 0.3) is 0 Å². The van der Waals surface area contributed by atoms with Crippen LogP contribution in [0, 0.1) is 11.8 Å². The van der Waals surface area contributed by atoms with Gasteiger partial charge in [0.25, 0.3) is 0 Å². The van der Waals surface area contributed by atoms with Crippen molar-refractivity contribution in [1.29, 1.82) is 0 Å². The minimum absolute atomic E-state index is 0.243. The Morgan fingerprint density at radius 1 is 1.16 bits per heavy atom. The van der Waals surface area contributed by atoms with E-state index in [0.29, 0.717) is 0 Å². The van der Waals surface area contributed by atoms with Gasteiger partial charge in [0.15, 0.2) is 0 Å². The molecule has 3 unspecified atom stereocenters. The summed E-state index contributed by atoms with van der Waals surface area (Å²) in [6, 6.07) is 0.719. The molecule has 3 atom stereocenters. The van der Waals surface area contributed by atoms with Crippen molar-refractivity contribution in [3.05, 3.63) is 0 Å². The Bertz CT molecular complexity index is 274. The molecule has 0 aromatic carbocycles. The molecule has 0 aromatic rings. The monoisotopic (exact) mass is 268 g/mol. The smallest absolute Gasteiger partial charge is 0.0594 e. The zero-order chi connectivity index (χ0) is 13.9. The van der Waals surface area contributed by atoms with E-state index in [4.69, 9.17) is 4.74 Å². The third-order valence-corrected chi connectivity index (χ3v) is 5.10. The molecule has 3 heteroatoms. The number of nitrogens with zero attached hydrogens (tertiary/aromatic N) is 1. The van der Waals surface area contributed by atoms with Crippen LogP contribution >= 0.6 is 0 Å². The van der Waals surface area contributed by atoms with E-state index in [-0.39, 0.29) is 5.54 Å². The predicted octanol–water partition coefficient (Wildman–Crippen LogP) is 2.51. The van der Waals surface area contributed by atoms with Crippen LogP contribution in [0.5, 0.6) is 0 Å². The average Bonchev–Trinajstić information content (AvgIpc) is 2.39. The minimum atomic E-state index is 0.243. The summed E-state index contributed by atoms with van der Waals surface area (Å²) in [5, 5.41) is 3.85. The highest BCUT2D eigenvalue weighted by Crippen LogP contribution is 2.29. The number of rotatable bonds is 4. The van der Waals surface area contributed by atoms with Gasteiger partial charge in [-0.25, -0.2) is 0 Å². The van der Waals surface area contributed by atoms with Gasteiger partial charge in [-0.1, -0.05) is 13.8 Å². The zero-order valence-corrected chi connectivity index (χ0v) is 13.2. The van der Waals surface area contributed by atoms with E-state index in [9.17, 15) is 0 Å². The first-order valence-electron chi connectivity index (χ1n) is 8.05. The van der Waals surface area contributed by atoms with Crippen molar-refractivity contribution in [2.24, 2.45) is 11.8 Å². The van der Waals surface area contributed by atoms with Gasteiger partial charge in [-0.15, -0.1) is 0 Å². The first kappa shape index (κ1) is 15.3. The molecule has 0 amide bonds. The first-order valence-corrected chi connectivity index (χ1v) is 8.05. The molecule has 1 aliphatic heterocycles. The quantitative estimate of drug-likeness (QED) is 0.848. The fourth-order valence-electron chi connectivity index (χ4n) is 3.63. The van der Waals surface area contributed by atoms with E-state index < -0.39 is 0 Å². The zero-order valence-electron chi connectivity index (χ0n) is 13.2. The fourth-order valence-corrected chi connectivity index (χ4v) is 3.63. The maximum atomic E-state index is 5.46. The third kappa shape index (κ3) is 4.17. The molecule has 0 aromatic heterocycles. The SMILES string of the molecule is CC1CCC(NCC(C)(C)N2CCOCC2)C(C)C1. The van der Waals surface area contributed by atoms with Crippen molar-refractivity contribution in [2.45, 2.75) is 58.5 Å². The number of morpholine rings is 1. The Balaban J connectivity index is 1.79. The Kier molecular flexibility index (Phi) is 5.27. The summed E-state index contributed by atoms with van der Waals surface area (Å²) in [5.74, 6) is 1.74. The summed E-state index contributed by atoms with van der Waals surface area (Å²) < 4.78 is 5.46. The molecule has 1 aliphatic carbocycles. The number of ether oxygens (including phenoxy) is 1. The Labute approximate surface area is 119 Å². The van der Waals surface area contributed by atoms with Gasteiger partial charge < -0.3 is 10.1 Å². The van der Waals surface area contributed by atoms with Crippen molar-refractivity contribution in [3.8, 4) is 0 Å². The average molecular weight is 268 g/mol. The van der Waals surface area contributed by atoms with Gasteiger partial charge in [-0.2, -0.15) is 0 Å². The van der Waals surface area contributed by atoms with Gasteiger partial charge in [-0.05, 0) is 44.9 Å². The molecule has 2 aliphatic rings. The van der Waals surface area contributed by atoms with Crippen molar-refractivity contribution >= 4 is 0 Å². The summed E-state index contributed by atoms with van der Waals surface area (Å²) in [4.78, 5) is 2.57. The highest BCUT2D eigenvalue weighted by atomic mass is 16.5. The van der Waals surface area contributed by atoms with E-state index in [1.807, 2.05) is 0 Å². The van der Waals surface area contributed by atoms with Crippen molar-refractivity contribution in [3.63, 3.8) is 0 Å². The van der Waals surface area contributed by atoms with Crippen molar-refractivity contribution in [1.82, 2.24) is 10.2 Å². The number of hydrogen-bond donors (Lipinski definition) is 1. The van der Waals surface area contributed by atoms with E-state index in [0.717, 1.165) is 50.7 Å². The van der Waals surface area contributed by atoms with Gasteiger partial charge >= 0.3 is 0 Å². The summed E-state index contributed by atoms with van der Waals surface area (Å²) in [6.07, 6.45) is 4.12. The maximum Gasteiger partial charge on any atom is 0.0594 e. The summed E-state index contributed by atoms with van der Waals surface area (Å²) in [6.45, 7) is 14.6. The van der Waals surface area contributed by atoms with Gasteiger partial charge in [0.05, 0.1) is 13.2 Å². The van der Waals surface area contributed by atoms with Crippen molar-refractivity contribution in [2.75, 3.05) is 32.8 Å². The van der Waals surface area contributed by atoms with Gasteiger partial charge in [0.2, 0.25) is 0 Å². The van der Waals surface area contributed by atoms with Crippen LogP contribution < -0.4 is 5.32 Å². The molecule has 2 fully saturated rings. The molecule has 3 nitrogen and oxygen atoms in total. The lowest BCUT2D eigenvalue weighted by atomic mass is 9.79. The Morgan fingerprint density at radius 3 is 2.47 bits per heavy atom. The van der Waals surface area contributed by atoms with Crippen LogP contribution in [0.15, 0.2) is 0 Å². The molecule has 1 heterocycles. The predicted molar refractivity (Wildman–Crippen MR) is 80.4 cm³/mol. The first-order chi connectivity index (χ1) is 8.99. The molecule has 0 radical (unpaired) electrons. The lowest BCUT2D eigenvalue weighted by molar-refractivity contribution is -0.0114. The van der Waals surface area contributed by atoms with Crippen LogP contribution in [0.2, 0.25) is 0 Å². The topological polar surface area (TPSA) is 24.5 Å². The standard InChI is InChI=1S/C16H32N2O/c1-13-5-6-15(14(2)11-13)17-12-16(3,4)18-7-9-19-10-8-18/h13-15,17H,5-12H2,1-4H3. The molecule has 0 spiro atoms. The largest absolute Gasteiger partial charge is 0.379 e. The number of hydrogen-bond acceptors (Lipinski definition) is 3. The molecular weight excluding hydrogens is 236 g/mol. The van der Waals surface area contributed by atoms with E-state index in [1.54, 1.807) is 0 Å². The molecule has 112 valence electrons. The second kappa shape index (κ2) is 6.55. The molecule has 1 saturated heterocycles. The molecule has 2 rings (SSSR count). The van der Waals surface area contributed by atoms with Crippen LogP contribution in [0.1, 0.15) is 47.0 Å². The second-order valence-corrected chi connectivity index (χ2v) is 7.29. The van der Waals surface area contributed by atoms with Crippen LogP contribution in [0.3, 0.4) is 0 Å². The maximum absolute atomic E-state index is 5.46. The molecule has 1 N–H and O–H groups in total. The van der Waals surface area contributed by atoms with Gasteiger partial charge in [-0.3, -0.25) is 4.90 Å². The second-order valence-electron chi connectivity index (χ2n) is 7.29. The van der Waals surface area contributed by atoms with Crippen LogP contribution in [0.4, 0.5) is 0 Å². The fraction of sp³-hybridized carbons (Fsp3) is 1.00. The van der Waals surface area contributed by atoms with Crippen LogP contribution in [-0.2, 0) is 4.74 Å². The lowest BCUT2D eigenvalue weighted by Gasteiger charge is -2.43. The minimum Gasteiger partial charge on any atom is -0.379 e. The van der Waals surface area contributed by atoms with Crippen LogP contribution in [-0.4, -0.2) is 49.3 Å². The summed E-state index contributed by atoms with van der Waals surface area (Å²) in [5.41, 5.74) is 0.243. The third-order valence-electron chi connectivity index (χ3n) is 5.10. The normalized spacial score (nSPS) is 34.4. The van der Waals surface area contributed by atoms with Crippen molar-refractivity contribution < 1.29 is 4.74 Å². The Morgan fingerprint density at radius 2 is 1.84 bits per heavy atom. The summed E-state index contributed by atoms with van der Waals surface area (Å²) in [7, 11) is 0. The van der Waals surface area contributed by atoms with Gasteiger partial charge in [0.1, 0.15) is 0 Å². The molecular formula is C16H32N2O. The molecule has 0 bridgehead atoms. The van der Waals surface area contributed by atoms with E-state index in [1.165, 1.54) is 19.3 Å². The summed E-state index contributed by atoms with van der Waals surface area (Å²) >= 11 is 0. The highest BCUT2D eigenvalue weighted by Gasteiger charge is 2.31. The number of nitrogens with one attached hydrogen (secondary N) is 1. The lowest BCUT2D eigenvalue weighted by Crippen LogP contribution is -2.56. The Hall–Kier alpha value is -0.120. The van der Waals surface area contributed by atoms with E-state index >= 15 is 0 Å².